The van der Waals surface area contributed by atoms with E-state index in [4.69, 9.17) is 4.74 Å². The van der Waals surface area contributed by atoms with E-state index in [1.54, 1.807) is 0 Å². The van der Waals surface area contributed by atoms with Crippen molar-refractivity contribution in [3.05, 3.63) is 42.1 Å². The minimum atomic E-state index is -0.366. The third-order valence-electron chi connectivity index (χ3n) is 4.82. The maximum atomic E-state index is 14.2. The molecule has 6 nitrogen and oxygen atoms in total. The van der Waals surface area contributed by atoms with Gasteiger partial charge >= 0.3 is 0 Å². The third-order valence-corrected chi connectivity index (χ3v) is 4.82. The Kier molecular flexibility index (Phi) is 4.74. The van der Waals surface area contributed by atoms with E-state index in [0.717, 1.165) is 31.6 Å². The van der Waals surface area contributed by atoms with Gasteiger partial charge in [0, 0.05) is 38.1 Å². The topological polar surface area (TPSA) is 54.4 Å². The fourth-order valence-electron chi connectivity index (χ4n) is 3.49. The van der Waals surface area contributed by atoms with Gasteiger partial charge < -0.3 is 14.5 Å². The lowest BCUT2D eigenvalue weighted by Crippen LogP contribution is -2.37. The molecule has 0 bridgehead atoms. The number of hydrogen-bond acceptors (Lipinski definition) is 6. The van der Waals surface area contributed by atoms with Crippen molar-refractivity contribution in [2.75, 3.05) is 49.2 Å². The van der Waals surface area contributed by atoms with Crippen LogP contribution in [0.3, 0.4) is 0 Å². The smallest absolute Gasteiger partial charge is 0.227 e. The molecule has 0 amide bonds. The summed E-state index contributed by atoms with van der Waals surface area (Å²) in [5, 5.41) is 0. The number of halogens is 1. The third kappa shape index (κ3) is 3.71. The van der Waals surface area contributed by atoms with Crippen molar-refractivity contribution in [3.63, 3.8) is 0 Å². The van der Waals surface area contributed by atoms with Crippen molar-refractivity contribution in [1.29, 1.82) is 0 Å². The average Bonchev–Trinajstić information content (AvgIpc) is 3.12. The summed E-state index contributed by atoms with van der Waals surface area (Å²) < 4.78 is 19.5. The van der Waals surface area contributed by atoms with Crippen LogP contribution in [0.5, 0.6) is 0 Å². The van der Waals surface area contributed by atoms with Crippen LogP contribution in [0.15, 0.2) is 30.6 Å². The highest BCUT2D eigenvalue weighted by molar-refractivity contribution is 5.45. The highest BCUT2D eigenvalue weighted by Crippen LogP contribution is 2.26. The van der Waals surface area contributed by atoms with E-state index in [2.05, 4.69) is 25.9 Å². The number of ether oxygens (including phenoxy) is 1. The first-order valence-electron chi connectivity index (χ1n) is 8.79. The number of morpholine rings is 1. The SMILES string of the molecule is Fc1cnc(N2CCC(Cc3ccccn3)C2)nc1N1CCOCC1. The highest BCUT2D eigenvalue weighted by Gasteiger charge is 2.26. The molecule has 132 valence electrons. The first-order valence-corrected chi connectivity index (χ1v) is 8.79. The van der Waals surface area contributed by atoms with Crippen molar-refractivity contribution in [3.8, 4) is 0 Å². The Morgan fingerprint density at radius 1 is 1.12 bits per heavy atom. The predicted molar refractivity (Wildman–Crippen MR) is 93.3 cm³/mol. The molecule has 2 aliphatic rings. The van der Waals surface area contributed by atoms with Gasteiger partial charge in [-0.3, -0.25) is 4.98 Å². The molecule has 2 fully saturated rings. The molecule has 1 atom stereocenters. The van der Waals surface area contributed by atoms with Gasteiger partial charge in [-0.15, -0.1) is 0 Å². The van der Waals surface area contributed by atoms with Crippen molar-refractivity contribution in [1.82, 2.24) is 15.0 Å². The van der Waals surface area contributed by atoms with Gasteiger partial charge in [0.25, 0.3) is 0 Å². The monoisotopic (exact) mass is 343 g/mol. The summed E-state index contributed by atoms with van der Waals surface area (Å²) in [6.07, 6.45) is 5.15. The van der Waals surface area contributed by atoms with E-state index >= 15 is 0 Å². The molecule has 4 heterocycles. The molecule has 2 aromatic heterocycles. The number of rotatable bonds is 4. The largest absolute Gasteiger partial charge is 0.378 e. The average molecular weight is 343 g/mol. The standard InChI is InChI=1S/C18H22FN5O/c19-16-12-21-18(22-17(16)23-7-9-25-10-8-23)24-6-4-14(13-24)11-15-3-1-2-5-20-15/h1-3,5,12,14H,4,6-11,13H2. The maximum absolute atomic E-state index is 14.2. The van der Waals surface area contributed by atoms with Crippen LogP contribution >= 0.6 is 0 Å². The second-order valence-corrected chi connectivity index (χ2v) is 6.57. The molecule has 7 heteroatoms. The Hall–Kier alpha value is -2.28. The number of nitrogens with zero attached hydrogens (tertiary/aromatic N) is 5. The lowest BCUT2D eigenvalue weighted by atomic mass is 10.0. The summed E-state index contributed by atoms with van der Waals surface area (Å²) in [5.41, 5.74) is 1.11. The predicted octanol–water partition coefficient (Wildman–Crippen LogP) is 1.92. The molecule has 4 rings (SSSR count). The van der Waals surface area contributed by atoms with Crippen LogP contribution in [-0.2, 0) is 11.2 Å². The number of pyridine rings is 1. The van der Waals surface area contributed by atoms with Gasteiger partial charge in [-0.2, -0.15) is 4.98 Å². The highest BCUT2D eigenvalue weighted by atomic mass is 19.1. The zero-order chi connectivity index (χ0) is 17.1. The molecule has 1 unspecified atom stereocenters. The van der Waals surface area contributed by atoms with Crippen molar-refractivity contribution >= 4 is 11.8 Å². The summed E-state index contributed by atoms with van der Waals surface area (Å²) >= 11 is 0. The van der Waals surface area contributed by atoms with Crippen LogP contribution in [-0.4, -0.2) is 54.3 Å². The summed E-state index contributed by atoms with van der Waals surface area (Å²) in [5.74, 6) is 1.16. The Labute approximate surface area is 146 Å². The van der Waals surface area contributed by atoms with E-state index in [1.807, 2.05) is 23.2 Å². The Balaban J connectivity index is 1.45. The van der Waals surface area contributed by atoms with Crippen LogP contribution in [0.2, 0.25) is 0 Å². The molecule has 2 aliphatic heterocycles. The summed E-state index contributed by atoms with van der Waals surface area (Å²) in [7, 11) is 0. The van der Waals surface area contributed by atoms with Gasteiger partial charge in [-0.1, -0.05) is 6.07 Å². The van der Waals surface area contributed by atoms with Gasteiger partial charge in [-0.25, -0.2) is 9.37 Å². The Bertz CT molecular complexity index is 708. The second kappa shape index (κ2) is 7.31. The van der Waals surface area contributed by atoms with E-state index in [-0.39, 0.29) is 5.82 Å². The fourth-order valence-corrected chi connectivity index (χ4v) is 3.49. The molecule has 0 saturated carbocycles. The van der Waals surface area contributed by atoms with Gasteiger partial charge in [-0.05, 0) is 30.9 Å². The normalized spacial score (nSPS) is 20.9. The molecule has 0 spiro atoms. The van der Waals surface area contributed by atoms with E-state index in [9.17, 15) is 4.39 Å². The number of anilines is 2. The first kappa shape index (κ1) is 16.2. The van der Waals surface area contributed by atoms with E-state index in [0.29, 0.717) is 44.0 Å². The summed E-state index contributed by atoms with van der Waals surface area (Å²) in [6.45, 7) is 4.31. The molecular formula is C18H22FN5O. The lowest BCUT2D eigenvalue weighted by Gasteiger charge is -2.28. The van der Waals surface area contributed by atoms with Gasteiger partial charge in [0.15, 0.2) is 11.6 Å². The zero-order valence-corrected chi connectivity index (χ0v) is 14.1. The van der Waals surface area contributed by atoms with Gasteiger partial charge in [0.2, 0.25) is 5.95 Å². The minimum absolute atomic E-state index is 0.366. The number of hydrogen-bond donors (Lipinski definition) is 0. The van der Waals surface area contributed by atoms with Crippen molar-refractivity contribution < 1.29 is 9.13 Å². The summed E-state index contributed by atoms with van der Waals surface area (Å²) in [4.78, 5) is 17.2. The number of aromatic nitrogens is 3. The molecule has 0 aliphatic carbocycles. The molecule has 0 N–H and O–H groups in total. The molecule has 2 saturated heterocycles. The van der Waals surface area contributed by atoms with Crippen molar-refractivity contribution in [2.45, 2.75) is 12.8 Å². The second-order valence-electron chi connectivity index (χ2n) is 6.57. The molecular weight excluding hydrogens is 321 g/mol. The zero-order valence-electron chi connectivity index (χ0n) is 14.1. The van der Waals surface area contributed by atoms with Gasteiger partial charge in [0.05, 0.1) is 19.4 Å². The van der Waals surface area contributed by atoms with Crippen LogP contribution in [0.4, 0.5) is 16.2 Å². The van der Waals surface area contributed by atoms with Crippen LogP contribution in [0.25, 0.3) is 0 Å². The van der Waals surface area contributed by atoms with Crippen molar-refractivity contribution in [2.24, 2.45) is 5.92 Å². The fraction of sp³-hybridized carbons (Fsp3) is 0.500. The van der Waals surface area contributed by atoms with Crippen LogP contribution < -0.4 is 9.80 Å². The molecule has 25 heavy (non-hydrogen) atoms. The first-order chi connectivity index (χ1) is 12.3. The summed E-state index contributed by atoms with van der Waals surface area (Å²) in [6, 6.07) is 6.02. The maximum Gasteiger partial charge on any atom is 0.227 e. The van der Waals surface area contributed by atoms with Crippen LogP contribution in [0.1, 0.15) is 12.1 Å². The van der Waals surface area contributed by atoms with E-state index < -0.39 is 0 Å². The minimum Gasteiger partial charge on any atom is -0.378 e. The Morgan fingerprint density at radius 3 is 2.80 bits per heavy atom. The lowest BCUT2D eigenvalue weighted by molar-refractivity contribution is 0.122. The van der Waals surface area contributed by atoms with E-state index in [1.165, 1.54) is 6.20 Å². The Morgan fingerprint density at radius 2 is 2.00 bits per heavy atom. The van der Waals surface area contributed by atoms with Gasteiger partial charge in [0.1, 0.15) is 0 Å². The molecule has 0 aromatic carbocycles. The molecule has 2 aromatic rings. The quantitative estimate of drug-likeness (QED) is 0.845. The molecule has 0 radical (unpaired) electrons. The van der Waals surface area contributed by atoms with Crippen LogP contribution in [0, 0.1) is 11.7 Å².